The summed E-state index contributed by atoms with van der Waals surface area (Å²) in [7, 11) is -3.04. The van der Waals surface area contributed by atoms with Crippen molar-refractivity contribution in [1.82, 2.24) is 0 Å². The van der Waals surface area contributed by atoms with Gasteiger partial charge in [-0.3, -0.25) is 0 Å². The molecule has 0 fully saturated rings. The van der Waals surface area contributed by atoms with E-state index in [2.05, 4.69) is 5.32 Å². The molecular weight excluding hydrogens is 186 g/mol. The van der Waals surface area contributed by atoms with Gasteiger partial charge in [0.2, 0.25) is 0 Å². The smallest absolute Gasteiger partial charge is 0.180 e. The highest BCUT2D eigenvalue weighted by Gasteiger charge is 2.20. The second kappa shape index (κ2) is 3.03. The van der Waals surface area contributed by atoms with Crippen molar-refractivity contribution < 1.29 is 8.42 Å². The molecule has 0 spiro atoms. The monoisotopic (exact) mass is 197 g/mol. The fraction of sp³-hybridized carbons (Fsp3) is 0.333. The Morgan fingerprint density at radius 2 is 2.00 bits per heavy atom. The zero-order chi connectivity index (χ0) is 9.31. The lowest BCUT2D eigenvalue weighted by atomic mass is 10.3. The highest BCUT2D eigenvalue weighted by molar-refractivity contribution is 7.91. The molecule has 1 aromatic carbocycles. The van der Waals surface area contributed by atoms with Crippen LogP contribution in [0.4, 0.5) is 5.69 Å². The summed E-state index contributed by atoms with van der Waals surface area (Å²) in [6, 6.07) is 7.05. The van der Waals surface area contributed by atoms with E-state index in [9.17, 15) is 8.42 Å². The predicted octanol–water partition coefficient (Wildman–Crippen LogP) is 1.28. The molecule has 0 bridgehead atoms. The lowest BCUT2D eigenvalue weighted by Gasteiger charge is -2.05. The molecule has 4 heteroatoms. The van der Waals surface area contributed by atoms with Gasteiger partial charge in [-0.25, -0.2) is 8.42 Å². The average molecular weight is 197 g/mol. The van der Waals surface area contributed by atoms with Crippen LogP contribution in [0.5, 0.6) is 0 Å². The fourth-order valence-corrected chi connectivity index (χ4v) is 2.98. The first-order valence-corrected chi connectivity index (χ1v) is 5.91. The van der Waals surface area contributed by atoms with Gasteiger partial charge in [-0.15, -0.1) is 0 Å². The Kier molecular flexibility index (Phi) is 2.00. The number of hydrogen-bond acceptors (Lipinski definition) is 3. The van der Waals surface area contributed by atoms with E-state index in [-0.39, 0.29) is 5.75 Å². The lowest BCUT2D eigenvalue weighted by molar-refractivity contribution is 0.596. The summed E-state index contributed by atoms with van der Waals surface area (Å²) in [4.78, 5) is 0.438. The maximum absolute atomic E-state index is 11.7. The normalized spacial score (nSPS) is 19.7. The summed E-state index contributed by atoms with van der Waals surface area (Å²) in [5.41, 5.74) is 0.736. The van der Waals surface area contributed by atoms with Crippen molar-refractivity contribution in [3.8, 4) is 0 Å². The molecule has 0 aromatic heterocycles. The van der Waals surface area contributed by atoms with E-state index in [0.29, 0.717) is 11.3 Å². The second-order valence-corrected chi connectivity index (χ2v) is 5.17. The van der Waals surface area contributed by atoms with Gasteiger partial charge in [0, 0.05) is 6.54 Å². The van der Waals surface area contributed by atoms with Crippen LogP contribution in [0.15, 0.2) is 29.2 Å². The highest BCUT2D eigenvalue weighted by Crippen LogP contribution is 2.24. The van der Waals surface area contributed by atoms with Crippen LogP contribution in [-0.4, -0.2) is 20.7 Å². The first kappa shape index (κ1) is 8.56. The first-order valence-electron chi connectivity index (χ1n) is 4.26. The number of benzene rings is 1. The molecule has 0 unspecified atom stereocenters. The van der Waals surface area contributed by atoms with Crippen molar-refractivity contribution >= 4 is 15.5 Å². The maximum atomic E-state index is 11.7. The summed E-state index contributed by atoms with van der Waals surface area (Å²) < 4.78 is 23.3. The minimum Gasteiger partial charge on any atom is -0.384 e. The zero-order valence-corrected chi connectivity index (χ0v) is 7.97. The van der Waals surface area contributed by atoms with E-state index in [0.717, 1.165) is 12.2 Å². The largest absolute Gasteiger partial charge is 0.384 e. The molecule has 0 aliphatic carbocycles. The van der Waals surface area contributed by atoms with Crippen LogP contribution in [-0.2, 0) is 9.84 Å². The van der Waals surface area contributed by atoms with Crippen LogP contribution >= 0.6 is 0 Å². The molecule has 0 radical (unpaired) electrons. The van der Waals surface area contributed by atoms with Gasteiger partial charge in [-0.2, -0.15) is 0 Å². The average Bonchev–Trinajstić information content (AvgIpc) is 2.26. The van der Waals surface area contributed by atoms with Gasteiger partial charge in [-0.05, 0) is 18.6 Å². The number of nitrogens with one attached hydrogen (secondary N) is 1. The van der Waals surface area contributed by atoms with Crippen molar-refractivity contribution in [3.05, 3.63) is 24.3 Å². The third-order valence-electron chi connectivity index (χ3n) is 2.13. The van der Waals surface area contributed by atoms with E-state index in [1.54, 1.807) is 18.2 Å². The molecule has 13 heavy (non-hydrogen) atoms. The molecule has 0 saturated carbocycles. The Morgan fingerprint density at radius 1 is 1.23 bits per heavy atom. The second-order valence-electron chi connectivity index (χ2n) is 3.10. The minimum absolute atomic E-state index is 0.247. The van der Waals surface area contributed by atoms with Gasteiger partial charge in [0.15, 0.2) is 9.84 Å². The summed E-state index contributed by atoms with van der Waals surface area (Å²) in [6.07, 6.45) is 0.678. The summed E-state index contributed by atoms with van der Waals surface area (Å²) in [5, 5.41) is 3.10. The Balaban J connectivity index is 2.62. The third kappa shape index (κ3) is 1.54. The summed E-state index contributed by atoms with van der Waals surface area (Å²) >= 11 is 0. The van der Waals surface area contributed by atoms with Gasteiger partial charge in [-0.1, -0.05) is 12.1 Å². The Bertz CT molecular complexity index is 411. The summed E-state index contributed by atoms with van der Waals surface area (Å²) in [5.74, 6) is 0.247. The first-order chi connectivity index (χ1) is 6.20. The molecule has 0 saturated heterocycles. The van der Waals surface area contributed by atoms with Gasteiger partial charge in [0.1, 0.15) is 0 Å². The van der Waals surface area contributed by atoms with Crippen molar-refractivity contribution in [2.75, 3.05) is 17.6 Å². The fourth-order valence-electron chi connectivity index (χ4n) is 1.48. The topological polar surface area (TPSA) is 46.2 Å². The molecule has 1 heterocycles. The van der Waals surface area contributed by atoms with Gasteiger partial charge in [0.25, 0.3) is 0 Å². The molecule has 2 rings (SSSR count). The van der Waals surface area contributed by atoms with Crippen LogP contribution in [0, 0.1) is 0 Å². The van der Waals surface area contributed by atoms with Crippen molar-refractivity contribution in [2.24, 2.45) is 0 Å². The predicted molar refractivity (Wildman–Crippen MR) is 51.6 cm³/mol. The molecule has 1 aromatic rings. The van der Waals surface area contributed by atoms with E-state index in [4.69, 9.17) is 0 Å². The van der Waals surface area contributed by atoms with E-state index in [1.165, 1.54) is 0 Å². The maximum Gasteiger partial charge on any atom is 0.180 e. The number of hydrogen-bond donors (Lipinski definition) is 1. The zero-order valence-electron chi connectivity index (χ0n) is 7.16. The van der Waals surface area contributed by atoms with Crippen LogP contribution in [0.1, 0.15) is 6.42 Å². The van der Waals surface area contributed by atoms with Crippen LogP contribution in [0.2, 0.25) is 0 Å². The van der Waals surface area contributed by atoms with Crippen LogP contribution in [0.25, 0.3) is 0 Å². The number of fused-ring (bicyclic) bond motifs is 1. The molecule has 3 nitrogen and oxygen atoms in total. The van der Waals surface area contributed by atoms with E-state index in [1.807, 2.05) is 6.07 Å². The molecule has 1 aliphatic rings. The highest BCUT2D eigenvalue weighted by atomic mass is 32.2. The Morgan fingerprint density at radius 3 is 2.85 bits per heavy atom. The quantitative estimate of drug-likeness (QED) is 0.681. The number of rotatable bonds is 0. The Labute approximate surface area is 77.7 Å². The van der Waals surface area contributed by atoms with Crippen molar-refractivity contribution in [3.63, 3.8) is 0 Å². The number of para-hydroxylation sites is 1. The molecule has 1 aliphatic heterocycles. The molecular formula is C9H11NO2S. The van der Waals surface area contributed by atoms with E-state index >= 15 is 0 Å². The summed E-state index contributed by atoms with van der Waals surface area (Å²) in [6.45, 7) is 0.732. The molecule has 70 valence electrons. The standard InChI is InChI=1S/C9H11NO2S/c11-13(12)7-3-6-10-8-4-1-2-5-9(8)13/h1-2,4-5,10H,3,6-7H2. The number of anilines is 1. The van der Waals surface area contributed by atoms with Gasteiger partial charge in [0.05, 0.1) is 16.3 Å². The molecule has 0 atom stereocenters. The third-order valence-corrected chi connectivity index (χ3v) is 3.98. The van der Waals surface area contributed by atoms with Crippen molar-refractivity contribution in [2.45, 2.75) is 11.3 Å². The lowest BCUT2D eigenvalue weighted by Crippen LogP contribution is -2.04. The SMILES string of the molecule is O=S1(=O)CCCNc2ccccc21. The van der Waals surface area contributed by atoms with Crippen molar-refractivity contribution in [1.29, 1.82) is 0 Å². The Hall–Kier alpha value is -1.03. The van der Waals surface area contributed by atoms with Crippen LogP contribution < -0.4 is 5.32 Å². The van der Waals surface area contributed by atoms with Crippen LogP contribution in [0.3, 0.4) is 0 Å². The van der Waals surface area contributed by atoms with Gasteiger partial charge < -0.3 is 5.32 Å². The minimum atomic E-state index is -3.04. The van der Waals surface area contributed by atoms with Gasteiger partial charge >= 0.3 is 0 Å². The molecule has 1 N–H and O–H groups in total. The number of sulfone groups is 1. The molecule has 0 amide bonds. The van der Waals surface area contributed by atoms with E-state index < -0.39 is 9.84 Å².